The molecule has 1 aliphatic heterocycles. The first-order valence-electron chi connectivity index (χ1n) is 10.1. The van der Waals surface area contributed by atoms with Crippen molar-refractivity contribution >= 4 is 28.6 Å². The van der Waals surface area contributed by atoms with E-state index in [2.05, 4.69) is 45.0 Å². The van der Waals surface area contributed by atoms with Crippen LogP contribution < -0.4 is 16.0 Å². The summed E-state index contributed by atoms with van der Waals surface area (Å²) in [6.45, 7) is 6.44. The SMILES string of the molecule is CCC1CC(Nc2nc(Nc3cc(C)[nH]n3)c3ncccc3n2)CC(CC)N1. The lowest BCUT2D eigenvalue weighted by atomic mass is 9.91. The molecule has 1 saturated heterocycles. The second-order valence-corrected chi connectivity index (χ2v) is 7.52. The lowest BCUT2D eigenvalue weighted by Gasteiger charge is -2.36. The predicted octanol–water partition coefficient (Wildman–Crippen LogP) is 3.52. The maximum absolute atomic E-state index is 4.73. The van der Waals surface area contributed by atoms with Gasteiger partial charge in [-0.1, -0.05) is 13.8 Å². The van der Waals surface area contributed by atoms with Crippen molar-refractivity contribution in [2.24, 2.45) is 0 Å². The third kappa shape index (κ3) is 4.06. The summed E-state index contributed by atoms with van der Waals surface area (Å²) in [5.74, 6) is 2.01. The Bertz CT molecular complexity index is 925. The minimum Gasteiger partial charge on any atom is -0.351 e. The molecule has 0 spiro atoms. The van der Waals surface area contributed by atoms with E-state index < -0.39 is 0 Å². The normalized spacial score (nSPS) is 22.3. The first kappa shape index (κ1) is 18.6. The topological polar surface area (TPSA) is 103 Å². The first-order chi connectivity index (χ1) is 13.6. The van der Waals surface area contributed by atoms with Crippen LogP contribution in [0.25, 0.3) is 11.0 Å². The molecular formula is C20H28N8. The van der Waals surface area contributed by atoms with Crippen molar-refractivity contribution < 1.29 is 0 Å². The number of nitrogens with one attached hydrogen (secondary N) is 4. The lowest BCUT2D eigenvalue weighted by molar-refractivity contribution is 0.289. The summed E-state index contributed by atoms with van der Waals surface area (Å²) in [7, 11) is 0. The second-order valence-electron chi connectivity index (χ2n) is 7.52. The third-order valence-corrected chi connectivity index (χ3v) is 5.34. The molecule has 2 unspecified atom stereocenters. The van der Waals surface area contributed by atoms with Gasteiger partial charge in [0, 0.05) is 36.1 Å². The molecular weight excluding hydrogens is 352 g/mol. The molecule has 4 rings (SSSR count). The van der Waals surface area contributed by atoms with Gasteiger partial charge < -0.3 is 16.0 Å². The first-order valence-corrected chi connectivity index (χ1v) is 10.1. The van der Waals surface area contributed by atoms with Gasteiger partial charge in [-0.15, -0.1) is 0 Å². The number of H-pyrrole nitrogens is 1. The number of nitrogens with zero attached hydrogens (tertiary/aromatic N) is 4. The van der Waals surface area contributed by atoms with Crippen LogP contribution in [0.2, 0.25) is 0 Å². The van der Waals surface area contributed by atoms with Crippen LogP contribution in [-0.2, 0) is 0 Å². The Morgan fingerprint density at radius 2 is 1.93 bits per heavy atom. The zero-order valence-corrected chi connectivity index (χ0v) is 16.7. The quantitative estimate of drug-likeness (QED) is 0.519. The van der Waals surface area contributed by atoms with Crippen molar-refractivity contribution in [1.82, 2.24) is 30.5 Å². The van der Waals surface area contributed by atoms with Gasteiger partial charge in [0.25, 0.3) is 0 Å². The molecule has 4 N–H and O–H groups in total. The number of anilines is 3. The molecule has 3 aromatic heterocycles. The fourth-order valence-electron chi connectivity index (χ4n) is 3.84. The molecule has 0 aromatic carbocycles. The summed E-state index contributed by atoms with van der Waals surface area (Å²) >= 11 is 0. The second kappa shape index (κ2) is 8.10. The van der Waals surface area contributed by atoms with Gasteiger partial charge >= 0.3 is 0 Å². The highest BCUT2D eigenvalue weighted by Crippen LogP contribution is 2.25. The van der Waals surface area contributed by atoms with Gasteiger partial charge in [-0.25, -0.2) is 4.98 Å². The van der Waals surface area contributed by atoms with Crippen LogP contribution in [0.4, 0.5) is 17.6 Å². The Morgan fingerprint density at radius 1 is 1.14 bits per heavy atom. The molecule has 0 bridgehead atoms. The Balaban J connectivity index is 1.62. The highest BCUT2D eigenvalue weighted by atomic mass is 15.2. The van der Waals surface area contributed by atoms with E-state index in [-0.39, 0.29) is 0 Å². The monoisotopic (exact) mass is 380 g/mol. The molecule has 4 heterocycles. The molecule has 0 aliphatic carbocycles. The van der Waals surface area contributed by atoms with Crippen molar-refractivity contribution in [3.05, 3.63) is 30.1 Å². The molecule has 8 nitrogen and oxygen atoms in total. The molecule has 3 aromatic rings. The smallest absolute Gasteiger partial charge is 0.225 e. The van der Waals surface area contributed by atoms with Crippen LogP contribution in [0.15, 0.2) is 24.4 Å². The van der Waals surface area contributed by atoms with E-state index in [0.29, 0.717) is 35.7 Å². The number of aryl methyl sites for hydroxylation is 1. The van der Waals surface area contributed by atoms with Crippen molar-refractivity contribution in [3.8, 4) is 0 Å². The number of hydrogen-bond acceptors (Lipinski definition) is 7. The number of hydrogen-bond donors (Lipinski definition) is 4. The van der Waals surface area contributed by atoms with Crippen molar-refractivity contribution in [2.45, 2.75) is 64.6 Å². The van der Waals surface area contributed by atoms with Crippen LogP contribution in [0.3, 0.4) is 0 Å². The molecule has 1 fully saturated rings. The minimum atomic E-state index is 0.353. The largest absolute Gasteiger partial charge is 0.351 e. The van der Waals surface area contributed by atoms with Crippen LogP contribution in [0.1, 0.15) is 45.2 Å². The van der Waals surface area contributed by atoms with E-state index >= 15 is 0 Å². The van der Waals surface area contributed by atoms with E-state index in [0.717, 1.165) is 42.4 Å². The fraction of sp³-hybridized carbons (Fsp3) is 0.500. The zero-order chi connectivity index (χ0) is 19.5. The molecule has 0 radical (unpaired) electrons. The van der Waals surface area contributed by atoms with E-state index in [4.69, 9.17) is 9.97 Å². The highest BCUT2D eigenvalue weighted by Gasteiger charge is 2.27. The summed E-state index contributed by atoms with van der Waals surface area (Å²) in [4.78, 5) is 13.9. The minimum absolute atomic E-state index is 0.353. The Morgan fingerprint density at radius 3 is 2.61 bits per heavy atom. The molecule has 2 atom stereocenters. The van der Waals surface area contributed by atoms with Crippen LogP contribution in [-0.4, -0.2) is 43.3 Å². The number of fused-ring (bicyclic) bond motifs is 1. The summed E-state index contributed by atoms with van der Waals surface area (Å²) in [6, 6.07) is 7.21. The number of aromatic amines is 1. The van der Waals surface area contributed by atoms with Crippen LogP contribution in [0.5, 0.6) is 0 Å². The van der Waals surface area contributed by atoms with E-state index in [9.17, 15) is 0 Å². The third-order valence-electron chi connectivity index (χ3n) is 5.34. The molecule has 0 saturated carbocycles. The van der Waals surface area contributed by atoms with Gasteiger partial charge in [-0.2, -0.15) is 10.1 Å². The Kier molecular flexibility index (Phi) is 5.38. The number of pyridine rings is 1. The molecule has 1 aliphatic rings. The number of rotatable bonds is 6. The molecule has 148 valence electrons. The van der Waals surface area contributed by atoms with Gasteiger partial charge in [0.2, 0.25) is 5.95 Å². The van der Waals surface area contributed by atoms with Gasteiger partial charge in [0.1, 0.15) is 5.52 Å². The average molecular weight is 381 g/mol. The van der Waals surface area contributed by atoms with Gasteiger partial charge in [0.05, 0.1) is 5.52 Å². The molecule has 0 amide bonds. The zero-order valence-electron chi connectivity index (χ0n) is 16.7. The summed E-state index contributed by atoms with van der Waals surface area (Å²) in [6.07, 6.45) is 6.15. The predicted molar refractivity (Wildman–Crippen MR) is 112 cm³/mol. The molecule has 28 heavy (non-hydrogen) atoms. The number of aromatic nitrogens is 5. The maximum atomic E-state index is 4.73. The Labute approximate surface area is 165 Å². The van der Waals surface area contributed by atoms with Crippen molar-refractivity contribution in [1.29, 1.82) is 0 Å². The van der Waals surface area contributed by atoms with Crippen LogP contribution >= 0.6 is 0 Å². The number of piperidine rings is 1. The lowest BCUT2D eigenvalue weighted by Crippen LogP contribution is -2.49. The van der Waals surface area contributed by atoms with E-state index in [1.807, 2.05) is 25.1 Å². The van der Waals surface area contributed by atoms with Gasteiger partial charge in [0.15, 0.2) is 11.6 Å². The summed E-state index contributed by atoms with van der Waals surface area (Å²) in [5.41, 5.74) is 2.53. The van der Waals surface area contributed by atoms with E-state index in [1.54, 1.807) is 6.20 Å². The summed E-state index contributed by atoms with van der Waals surface area (Å²) in [5, 5.41) is 17.8. The Hall–Kier alpha value is -2.74. The van der Waals surface area contributed by atoms with E-state index in [1.165, 1.54) is 0 Å². The van der Waals surface area contributed by atoms with Gasteiger partial charge in [-0.3, -0.25) is 10.1 Å². The van der Waals surface area contributed by atoms with Gasteiger partial charge in [-0.05, 0) is 44.7 Å². The molecule has 8 heteroatoms. The van der Waals surface area contributed by atoms with Crippen LogP contribution in [0, 0.1) is 6.92 Å². The standard InChI is InChI=1S/C20H28N8/c1-4-13-10-15(11-14(5-2)22-13)23-20-24-16-7-6-8-21-18(16)19(26-20)25-17-9-12(3)27-28-17/h6-9,13-15,22H,4-5,10-11H2,1-3H3,(H3,23,24,25,26,27,28). The van der Waals surface area contributed by atoms with Crippen molar-refractivity contribution in [2.75, 3.05) is 10.6 Å². The van der Waals surface area contributed by atoms with Crippen molar-refractivity contribution in [3.63, 3.8) is 0 Å². The highest BCUT2D eigenvalue weighted by molar-refractivity contribution is 5.87. The average Bonchev–Trinajstić information content (AvgIpc) is 3.12. The maximum Gasteiger partial charge on any atom is 0.225 e. The fourth-order valence-corrected chi connectivity index (χ4v) is 3.84. The summed E-state index contributed by atoms with van der Waals surface area (Å²) < 4.78 is 0.